The summed E-state index contributed by atoms with van der Waals surface area (Å²) in [5.41, 5.74) is -0.0399. The number of fused-ring (bicyclic) bond motifs is 1. The van der Waals surface area contributed by atoms with E-state index in [0.717, 1.165) is 0 Å². The lowest BCUT2D eigenvalue weighted by Gasteiger charge is -2.36. The quantitative estimate of drug-likeness (QED) is 0.180. The first kappa shape index (κ1) is 23.8. The van der Waals surface area contributed by atoms with E-state index >= 15 is 0 Å². The number of carbonyl (C=O) groups excluding carboxylic acids is 2. The van der Waals surface area contributed by atoms with Crippen LogP contribution in [-0.2, 0) is 33.9 Å². The van der Waals surface area contributed by atoms with Crippen LogP contribution >= 0.6 is 0 Å². The highest BCUT2D eigenvalue weighted by Crippen LogP contribution is 2.60. The van der Waals surface area contributed by atoms with Gasteiger partial charge >= 0.3 is 33.5 Å². The Morgan fingerprint density at radius 1 is 1.26 bits per heavy atom. The van der Waals surface area contributed by atoms with Crippen LogP contribution in [-0.4, -0.2) is 66.0 Å². The molecule has 8 atom stereocenters. The molecule has 0 aromatic heterocycles. The molecule has 0 spiro atoms. The molecule has 3 fully saturated rings. The third-order valence-electron chi connectivity index (χ3n) is 5.75. The van der Waals surface area contributed by atoms with Gasteiger partial charge in [0.2, 0.25) is 6.10 Å². The second-order valence-corrected chi connectivity index (χ2v) is 9.20. The van der Waals surface area contributed by atoms with E-state index in [2.05, 4.69) is 11.3 Å². The van der Waals surface area contributed by atoms with Crippen molar-refractivity contribution in [1.29, 1.82) is 0 Å². The second-order valence-electron chi connectivity index (χ2n) is 7.70. The number of alkyl halides is 5. The molecule has 1 saturated heterocycles. The standard InChI is InChI=1S/C16H17F5O9S/c1-4(2)11(22)28-9-6-3-5-7(12(23)29-10(5)9)8(6)13(24)30-14(15(17,18)19)16(20,21)31(25,26)27/h5-10,13-14,24H,1,3H2,2H3,(H,25,26,27). The number of ether oxygens (including phenoxy) is 3. The summed E-state index contributed by atoms with van der Waals surface area (Å²) in [5.74, 6) is -6.35. The second kappa shape index (κ2) is 7.35. The predicted octanol–water partition coefficient (Wildman–Crippen LogP) is 1.03. The topological polar surface area (TPSA) is 136 Å². The van der Waals surface area contributed by atoms with E-state index in [0.29, 0.717) is 0 Å². The van der Waals surface area contributed by atoms with Crippen molar-refractivity contribution in [2.75, 3.05) is 0 Å². The van der Waals surface area contributed by atoms with Gasteiger partial charge < -0.3 is 19.3 Å². The molecular formula is C16H17F5O9S. The fourth-order valence-electron chi connectivity index (χ4n) is 4.53. The van der Waals surface area contributed by atoms with Crippen molar-refractivity contribution >= 4 is 22.1 Å². The van der Waals surface area contributed by atoms with Crippen molar-refractivity contribution in [2.45, 2.75) is 49.4 Å². The third-order valence-corrected chi connectivity index (χ3v) is 6.65. The first-order valence-electron chi connectivity index (χ1n) is 8.80. The summed E-state index contributed by atoms with van der Waals surface area (Å²) in [6.45, 7) is 4.67. The average molecular weight is 480 g/mol. The van der Waals surface area contributed by atoms with Crippen LogP contribution in [0.5, 0.6) is 0 Å². The first-order valence-corrected chi connectivity index (χ1v) is 10.2. The zero-order chi connectivity index (χ0) is 23.7. The minimum Gasteiger partial charge on any atom is -0.458 e. The molecular weight excluding hydrogens is 463 g/mol. The fraction of sp³-hybridized carbons (Fsp3) is 0.750. The Morgan fingerprint density at radius 2 is 1.84 bits per heavy atom. The highest BCUT2D eigenvalue weighted by atomic mass is 32.2. The Balaban J connectivity index is 1.90. The van der Waals surface area contributed by atoms with Crippen LogP contribution in [0.25, 0.3) is 0 Å². The van der Waals surface area contributed by atoms with Crippen molar-refractivity contribution in [2.24, 2.45) is 23.7 Å². The van der Waals surface area contributed by atoms with Crippen molar-refractivity contribution < 1.29 is 63.8 Å². The van der Waals surface area contributed by atoms with E-state index in [1.54, 1.807) is 0 Å². The predicted molar refractivity (Wildman–Crippen MR) is 86.6 cm³/mol. The highest BCUT2D eigenvalue weighted by Gasteiger charge is 2.71. The SMILES string of the molecule is C=C(C)C(=O)OC1C2CC3C1OC(=O)C3C2C(O)OC(C(F)(F)F)C(F)(F)S(=O)(=O)O. The molecule has 3 aliphatic rings. The lowest BCUT2D eigenvalue weighted by Crippen LogP contribution is -2.55. The van der Waals surface area contributed by atoms with E-state index in [9.17, 15) is 45.1 Å². The van der Waals surface area contributed by atoms with Crippen molar-refractivity contribution in [1.82, 2.24) is 0 Å². The molecule has 1 aliphatic heterocycles. The van der Waals surface area contributed by atoms with Crippen molar-refractivity contribution in [3.8, 4) is 0 Å². The van der Waals surface area contributed by atoms with E-state index in [-0.39, 0.29) is 12.0 Å². The van der Waals surface area contributed by atoms with Gasteiger partial charge in [-0.1, -0.05) is 6.58 Å². The van der Waals surface area contributed by atoms with Gasteiger partial charge in [-0.25, -0.2) is 4.79 Å². The maximum atomic E-state index is 13.8. The average Bonchev–Trinajstić information content (AvgIpc) is 3.20. The first-order chi connectivity index (χ1) is 14.0. The smallest absolute Gasteiger partial charge is 0.421 e. The number of halogens is 5. The largest absolute Gasteiger partial charge is 0.458 e. The van der Waals surface area contributed by atoms with Gasteiger partial charge in [0.05, 0.1) is 5.92 Å². The summed E-state index contributed by atoms with van der Waals surface area (Å²) >= 11 is 0. The maximum absolute atomic E-state index is 13.8. The summed E-state index contributed by atoms with van der Waals surface area (Å²) in [6.07, 6.45) is -15.3. The molecule has 2 saturated carbocycles. The molecule has 15 heteroatoms. The molecule has 176 valence electrons. The maximum Gasteiger partial charge on any atom is 0.421 e. The summed E-state index contributed by atoms with van der Waals surface area (Å²) in [7, 11) is -6.58. The van der Waals surface area contributed by atoms with Gasteiger partial charge in [0.25, 0.3) is 0 Å². The van der Waals surface area contributed by atoms with E-state index in [1.807, 2.05) is 0 Å². The molecule has 31 heavy (non-hydrogen) atoms. The van der Waals surface area contributed by atoms with Gasteiger partial charge in [0.15, 0.2) is 6.29 Å². The van der Waals surface area contributed by atoms with Gasteiger partial charge in [-0.15, -0.1) is 0 Å². The van der Waals surface area contributed by atoms with Gasteiger partial charge in [-0.2, -0.15) is 30.4 Å². The molecule has 3 rings (SSSR count). The number of esters is 2. The number of carbonyl (C=O) groups is 2. The van der Waals surface area contributed by atoms with E-state index < -0.39 is 81.8 Å². The molecule has 0 aromatic rings. The number of aliphatic hydroxyl groups is 1. The molecule has 8 unspecified atom stereocenters. The number of hydrogen-bond acceptors (Lipinski definition) is 8. The lowest BCUT2D eigenvalue weighted by atomic mass is 9.78. The summed E-state index contributed by atoms with van der Waals surface area (Å²) < 4.78 is 111. The summed E-state index contributed by atoms with van der Waals surface area (Å²) in [6, 6.07) is 0. The normalized spacial score (nSPS) is 34.4. The van der Waals surface area contributed by atoms with Crippen molar-refractivity contribution in [3.63, 3.8) is 0 Å². The lowest BCUT2D eigenvalue weighted by molar-refractivity contribution is -0.313. The van der Waals surface area contributed by atoms with Crippen LogP contribution in [0.2, 0.25) is 0 Å². The third kappa shape index (κ3) is 3.81. The summed E-state index contributed by atoms with van der Waals surface area (Å²) in [4.78, 5) is 24.0. The van der Waals surface area contributed by atoms with E-state index in [1.165, 1.54) is 6.92 Å². The summed E-state index contributed by atoms with van der Waals surface area (Å²) in [5, 5.41) is 4.38. The Bertz CT molecular complexity index is 902. The molecule has 0 radical (unpaired) electrons. The van der Waals surface area contributed by atoms with Gasteiger partial charge in [-0.05, 0) is 13.3 Å². The molecule has 0 aromatic carbocycles. The van der Waals surface area contributed by atoms with Crippen LogP contribution in [0.4, 0.5) is 22.0 Å². The molecule has 1 heterocycles. The van der Waals surface area contributed by atoms with Crippen molar-refractivity contribution in [3.05, 3.63) is 12.2 Å². The fourth-order valence-corrected chi connectivity index (χ4v) is 4.99. The highest BCUT2D eigenvalue weighted by molar-refractivity contribution is 7.86. The molecule has 0 amide bonds. The number of hydrogen-bond donors (Lipinski definition) is 2. The van der Waals surface area contributed by atoms with Gasteiger partial charge in [0.1, 0.15) is 12.2 Å². The minimum atomic E-state index is -6.58. The Hall–Kier alpha value is -1.84. The van der Waals surface area contributed by atoms with Gasteiger partial charge in [-0.3, -0.25) is 9.35 Å². The molecule has 2 N–H and O–H groups in total. The van der Waals surface area contributed by atoms with Gasteiger partial charge in [0, 0.05) is 23.3 Å². The zero-order valence-corrected chi connectivity index (χ0v) is 16.4. The van der Waals surface area contributed by atoms with Crippen LogP contribution in [0.3, 0.4) is 0 Å². The van der Waals surface area contributed by atoms with Crippen LogP contribution in [0.15, 0.2) is 12.2 Å². The number of rotatable bonds is 7. The van der Waals surface area contributed by atoms with E-state index in [4.69, 9.17) is 14.0 Å². The Kier molecular flexibility index (Phi) is 5.65. The number of aliphatic hydroxyl groups excluding tert-OH is 1. The van der Waals surface area contributed by atoms with Crippen LogP contribution < -0.4 is 0 Å². The molecule has 2 aliphatic carbocycles. The van der Waals surface area contributed by atoms with Crippen LogP contribution in [0.1, 0.15) is 13.3 Å². The monoisotopic (exact) mass is 480 g/mol. The minimum absolute atomic E-state index is 0.0399. The molecule has 2 bridgehead atoms. The zero-order valence-electron chi connectivity index (χ0n) is 15.6. The molecule has 9 nitrogen and oxygen atoms in total. The Morgan fingerprint density at radius 3 is 2.32 bits per heavy atom. The van der Waals surface area contributed by atoms with Crippen LogP contribution in [0, 0.1) is 23.7 Å². The Labute approximate surface area is 171 Å².